The van der Waals surface area contributed by atoms with Crippen LogP contribution in [0.4, 0.5) is 0 Å². The zero-order chi connectivity index (χ0) is 13.0. The molecule has 0 spiro atoms. The van der Waals surface area contributed by atoms with Crippen LogP contribution in [-0.2, 0) is 0 Å². The SMILES string of the molecule is CNS1(CCC(C)O)C=CC(C2CCCCC2)=C1. The quantitative estimate of drug-likeness (QED) is 0.798. The van der Waals surface area contributed by atoms with Crippen LogP contribution >= 0.6 is 10.2 Å². The van der Waals surface area contributed by atoms with E-state index in [4.69, 9.17) is 0 Å². The second kappa shape index (κ2) is 6.27. The van der Waals surface area contributed by atoms with Crippen LogP contribution in [0.5, 0.6) is 0 Å². The highest BCUT2D eigenvalue weighted by Crippen LogP contribution is 2.54. The third-order valence-electron chi connectivity index (χ3n) is 4.18. The van der Waals surface area contributed by atoms with E-state index in [0.29, 0.717) is 0 Å². The maximum Gasteiger partial charge on any atom is 0.0520 e. The smallest absolute Gasteiger partial charge is 0.0520 e. The fourth-order valence-electron chi connectivity index (χ4n) is 2.91. The molecule has 0 amide bonds. The van der Waals surface area contributed by atoms with Crippen molar-refractivity contribution in [2.45, 2.75) is 51.6 Å². The van der Waals surface area contributed by atoms with Crippen LogP contribution in [0.15, 0.2) is 22.5 Å². The number of hydrogen-bond acceptors (Lipinski definition) is 2. The second-order valence-corrected chi connectivity index (χ2v) is 8.67. The molecule has 0 aromatic rings. The van der Waals surface area contributed by atoms with Crippen molar-refractivity contribution in [3.63, 3.8) is 0 Å². The van der Waals surface area contributed by atoms with Crippen molar-refractivity contribution in [2.75, 3.05) is 12.8 Å². The van der Waals surface area contributed by atoms with E-state index < -0.39 is 10.2 Å². The molecule has 2 rings (SSSR count). The topological polar surface area (TPSA) is 32.3 Å². The third kappa shape index (κ3) is 3.40. The molecular weight excluding hydrogens is 242 g/mol. The van der Waals surface area contributed by atoms with Gasteiger partial charge < -0.3 is 5.11 Å². The number of aliphatic hydroxyl groups excluding tert-OH is 1. The lowest BCUT2D eigenvalue weighted by Crippen LogP contribution is -2.17. The van der Waals surface area contributed by atoms with E-state index >= 15 is 0 Å². The molecule has 1 aliphatic carbocycles. The molecule has 0 bridgehead atoms. The summed E-state index contributed by atoms with van der Waals surface area (Å²) in [6, 6.07) is 0. The van der Waals surface area contributed by atoms with Crippen molar-refractivity contribution in [1.29, 1.82) is 0 Å². The molecule has 2 nitrogen and oxygen atoms in total. The van der Waals surface area contributed by atoms with Crippen LogP contribution in [0.25, 0.3) is 0 Å². The number of rotatable bonds is 5. The summed E-state index contributed by atoms with van der Waals surface area (Å²) in [4.78, 5) is 0. The van der Waals surface area contributed by atoms with Crippen LogP contribution in [0.3, 0.4) is 0 Å². The number of allylic oxidation sites excluding steroid dienone is 2. The molecule has 0 aromatic carbocycles. The normalized spacial score (nSPS) is 34.1. The van der Waals surface area contributed by atoms with Crippen LogP contribution < -0.4 is 4.72 Å². The lowest BCUT2D eigenvalue weighted by atomic mass is 9.84. The summed E-state index contributed by atoms with van der Waals surface area (Å²) in [7, 11) is 1.11. The van der Waals surface area contributed by atoms with E-state index in [9.17, 15) is 5.11 Å². The maximum atomic E-state index is 9.48. The lowest BCUT2D eigenvalue weighted by Gasteiger charge is -2.32. The van der Waals surface area contributed by atoms with Crippen molar-refractivity contribution in [1.82, 2.24) is 4.72 Å². The molecule has 1 aliphatic heterocycles. The Bertz CT molecular complexity index is 331. The van der Waals surface area contributed by atoms with Gasteiger partial charge in [-0.1, -0.05) is 25.3 Å². The Morgan fingerprint density at radius 3 is 2.72 bits per heavy atom. The fourth-order valence-corrected chi connectivity index (χ4v) is 5.59. The maximum absolute atomic E-state index is 9.48. The van der Waals surface area contributed by atoms with Gasteiger partial charge in [-0.3, -0.25) is 4.72 Å². The van der Waals surface area contributed by atoms with Crippen LogP contribution in [0.1, 0.15) is 45.4 Å². The Hall–Kier alpha value is -0.250. The van der Waals surface area contributed by atoms with E-state index in [1.54, 1.807) is 5.57 Å². The minimum absolute atomic E-state index is 0.191. The minimum atomic E-state index is -0.945. The molecule has 2 N–H and O–H groups in total. The van der Waals surface area contributed by atoms with Gasteiger partial charge in [0.15, 0.2) is 0 Å². The van der Waals surface area contributed by atoms with Crippen LogP contribution in [-0.4, -0.2) is 24.0 Å². The van der Waals surface area contributed by atoms with Gasteiger partial charge in [0.05, 0.1) is 6.10 Å². The summed E-state index contributed by atoms with van der Waals surface area (Å²) in [6.07, 6.45) is 9.98. The second-order valence-electron chi connectivity index (χ2n) is 5.65. The molecule has 2 atom stereocenters. The highest BCUT2D eigenvalue weighted by molar-refractivity contribution is 8.37. The first-order valence-electron chi connectivity index (χ1n) is 7.22. The van der Waals surface area contributed by atoms with Crippen molar-refractivity contribution >= 4 is 10.2 Å². The Balaban J connectivity index is 2.01. The van der Waals surface area contributed by atoms with E-state index in [1.165, 1.54) is 32.1 Å². The molecule has 1 fully saturated rings. The van der Waals surface area contributed by atoms with Gasteiger partial charge in [0.25, 0.3) is 0 Å². The number of hydrogen-bond donors (Lipinski definition) is 2. The lowest BCUT2D eigenvalue weighted by molar-refractivity contribution is 0.192. The largest absolute Gasteiger partial charge is 0.393 e. The van der Waals surface area contributed by atoms with E-state index in [1.807, 2.05) is 6.92 Å². The molecule has 18 heavy (non-hydrogen) atoms. The standard InChI is InChI=1S/C15H27NOS/c1-13(17)8-10-18(16-2)11-9-15(12-18)14-6-4-3-5-7-14/h9,11-14,16-17H,3-8,10H2,1-2H3. The molecule has 0 saturated heterocycles. The molecule has 1 heterocycles. The summed E-state index contributed by atoms with van der Waals surface area (Å²) in [5.74, 6) is 1.86. The van der Waals surface area contributed by atoms with E-state index in [-0.39, 0.29) is 6.10 Å². The summed E-state index contributed by atoms with van der Waals surface area (Å²) < 4.78 is 3.51. The summed E-state index contributed by atoms with van der Waals surface area (Å²) >= 11 is 0. The van der Waals surface area contributed by atoms with Gasteiger partial charge in [-0.15, -0.1) is 10.2 Å². The predicted octanol–water partition coefficient (Wildman–Crippen LogP) is 3.69. The van der Waals surface area contributed by atoms with Crippen molar-refractivity contribution in [3.05, 3.63) is 22.5 Å². The van der Waals surface area contributed by atoms with Crippen molar-refractivity contribution in [2.24, 2.45) is 5.92 Å². The van der Waals surface area contributed by atoms with Gasteiger partial charge in [0.1, 0.15) is 0 Å². The molecular formula is C15H27NOS. The third-order valence-corrected chi connectivity index (χ3v) is 7.17. The summed E-state index contributed by atoms with van der Waals surface area (Å²) in [6.45, 7) is 1.88. The predicted molar refractivity (Wildman–Crippen MR) is 81.6 cm³/mol. The average Bonchev–Trinajstić information content (AvgIpc) is 2.83. The molecule has 0 aromatic heterocycles. The zero-order valence-electron chi connectivity index (χ0n) is 11.7. The number of nitrogens with one attached hydrogen (secondary N) is 1. The summed E-state index contributed by atoms with van der Waals surface area (Å²) in [5.41, 5.74) is 1.56. The average molecular weight is 269 g/mol. The Kier molecular flexibility index (Phi) is 4.93. The van der Waals surface area contributed by atoms with Gasteiger partial charge in [-0.05, 0) is 61.3 Å². The first kappa shape index (κ1) is 14.2. The van der Waals surface area contributed by atoms with E-state index in [0.717, 1.165) is 18.1 Å². The molecule has 2 aliphatic rings. The Morgan fingerprint density at radius 1 is 1.39 bits per heavy atom. The minimum Gasteiger partial charge on any atom is -0.393 e. The Morgan fingerprint density at radius 2 is 2.11 bits per heavy atom. The van der Waals surface area contributed by atoms with Gasteiger partial charge in [0.2, 0.25) is 0 Å². The van der Waals surface area contributed by atoms with Gasteiger partial charge in [-0.25, -0.2) is 0 Å². The number of aliphatic hydroxyl groups is 1. The van der Waals surface area contributed by atoms with Crippen molar-refractivity contribution in [3.8, 4) is 0 Å². The Labute approximate surface area is 113 Å². The first-order valence-corrected chi connectivity index (χ1v) is 9.15. The summed E-state index contributed by atoms with van der Waals surface area (Å²) in [5, 5.41) is 14.3. The van der Waals surface area contributed by atoms with Crippen molar-refractivity contribution < 1.29 is 5.11 Å². The highest BCUT2D eigenvalue weighted by Gasteiger charge is 2.26. The molecule has 0 radical (unpaired) electrons. The molecule has 2 unspecified atom stereocenters. The fraction of sp³-hybridized carbons (Fsp3) is 0.733. The van der Waals surface area contributed by atoms with Gasteiger partial charge >= 0.3 is 0 Å². The first-order chi connectivity index (χ1) is 8.65. The van der Waals surface area contributed by atoms with Gasteiger partial charge in [-0.2, -0.15) is 0 Å². The van der Waals surface area contributed by atoms with Crippen LogP contribution in [0, 0.1) is 5.92 Å². The van der Waals surface area contributed by atoms with Gasteiger partial charge in [0, 0.05) is 0 Å². The molecule has 104 valence electrons. The van der Waals surface area contributed by atoms with E-state index in [2.05, 4.69) is 28.7 Å². The molecule has 1 saturated carbocycles. The van der Waals surface area contributed by atoms with Crippen LogP contribution in [0.2, 0.25) is 0 Å². The molecule has 3 heteroatoms. The highest BCUT2D eigenvalue weighted by atomic mass is 32.3. The monoisotopic (exact) mass is 269 g/mol. The zero-order valence-corrected chi connectivity index (χ0v) is 12.5.